The summed E-state index contributed by atoms with van der Waals surface area (Å²) >= 11 is 0. The number of aliphatic hydroxyl groups excluding tert-OH is 1. The van der Waals surface area contributed by atoms with Crippen molar-refractivity contribution < 1.29 is 5.11 Å². The van der Waals surface area contributed by atoms with E-state index in [1.165, 1.54) is 38.5 Å². The second-order valence-electron chi connectivity index (χ2n) is 6.20. The number of unbranched alkanes of at least 4 members (excludes halogenated alkanes) is 3. The van der Waals surface area contributed by atoms with Crippen LogP contribution in [0.2, 0.25) is 0 Å². The van der Waals surface area contributed by atoms with Crippen molar-refractivity contribution in [1.82, 2.24) is 0 Å². The first-order valence-electron chi connectivity index (χ1n) is 7.34. The molecule has 0 aromatic rings. The Bertz CT molecular complexity index is 259. The SMILES string of the molecule is CC1=C2C[C@@H](CC1)C2(C)C.CCCCCCO. The van der Waals surface area contributed by atoms with Crippen LogP contribution >= 0.6 is 0 Å². The Labute approximate surface area is 107 Å². The molecule has 1 fully saturated rings. The molecule has 2 bridgehead atoms. The number of allylic oxidation sites excluding steroid dienone is 2. The summed E-state index contributed by atoms with van der Waals surface area (Å²) in [5, 5.41) is 8.29. The lowest BCUT2D eigenvalue weighted by Gasteiger charge is -2.52. The Hall–Kier alpha value is -0.300. The highest BCUT2D eigenvalue weighted by molar-refractivity contribution is 5.32. The molecule has 0 aromatic heterocycles. The minimum Gasteiger partial charge on any atom is -0.396 e. The normalized spacial score (nSPS) is 24.9. The monoisotopic (exact) mass is 238 g/mol. The molecule has 3 aliphatic carbocycles. The first-order chi connectivity index (χ1) is 8.04. The molecule has 0 spiro atoms. The van der Waals surface area contributed by atoms with Crippen LogP contribution in [0.15, 0.2) is 11.1 Å². The predicted octanol–water partition coefficient (Wildman–Crippen LogP) is 4.70. The van der Waals surface area contributed by atoms with Gasteiger partial charge in [-0.05, 0) is 43.9 Å². The van der Waals surface area contributed by atoms with Gasteiger partial charge in [0.05, 0.1) is 0 Å². The third kappa shape index (κ3) is 3.58. The number of aliphatic hydroxyl groups is 1. The van der Waals surface area contributed by atoms with Crippen LogP contribution in [-0.4, -0.2) is 11.7 Å². The van der Waals surface area contributed by atoms with E-state index in [4.69, 9.17) is 5.11 Å². The number of hydrogen-bond acceptors (Lipinski definition) is 1. The molecule has 100 valence electrons. The molecule has 1 heteroatoms. The van der Waals surface area contributed by atoms with E-state index >= 15 is 0 Å². The molecule has 0 heterocycles. The highest BCUT2D eigenvalue weighted by atomic mass is 16.2. The van der Waals surface area contributed by atoms with Crippen molar-refractivity contribution >= 4 is 0 Å². The highest BCUT2D eigenvalue weighted by Crippen LogP contribution is 2.58. The Morgan fingerprint density at radius 1 is 1.24 bits per heavy atom. The van der Waals surface area contributed by atoms with Gasteiger partial charge in [-0.2, -0.15) is 0 Å². The first kappa shape index (κ1) is 14.8. The average Bonchev–Trinajstić information content (AvgIpc) is 2.30. The summed E-state index contributed by atoms with van der Waals surface area (Å²) in [6, 6.07) is 0. The second kappa shape index (κ2) is 6.58. The van der Waals surface area contributed by atoms with Gasteiger partial charge in [-0.3, -0.25) is 0 Å². The van der Waals surface area contributed by atoms with Gasteiger partial charge in [-0.1, -0.05) is 51.2 Å². The van der Waals surface area contributed by atoms with Crippen molar-refractivity contribution in [3.63, 3.8) is 0 Å². The lowest BCUT2D eigenvalue weighted by molar-refractivity contribution is 0.133. The smallest absolute Gasteiger partial charge is 0.0431 e. The van der Waals surface area contributed by atoms with Gasteiger partial charge >= 0.3 is 0 Å². The van der Waals surface area contributed by atoms with Gasteiger partial charge in [0.1, 0.15) is 0 Å². The summed E-state index contributed by atoms with van der Waals surface area (Å²) in [6.07, 6.45) is 8.92. The average molecular weight is 238 g/mol. The topological polar surface area (TPSA) is 20.2 Å². The number of hydrogen-bond donors (Lipinski definition) is 1. The van der Waals surface area contributed by atoms with Gasteiger partial charge in [0.2, 0.25) is 0 Å². The summed E-state index contributed by atoms with van der Waals surface area (Å²) in [5.74, 6) is 1.02. The third-order valence-corrected chi connectivity index (χ3v) is 4.64. The van der Waals surface area contributed by atoms with E-state index in [2.05, 4.69) is 27.7 Å². The Morgan fingerprint density at radius 2 is 1.94 bits per heavy atom. The summed E-state index contributed by atoms with van der Waals surface area (Å²) in [6.45, 7) is 9.64. The Morgan fingerprint density at radius 3 is 2.29 bits per heavy atom. The molecule has 3 rings (SSSR count). The third-order valence-electron chi connectivity index (χ3n) is 4.64. The molecule has 1 N–H and O–H groups in total. The molecule has 3 aliphatic rings. The minimum absolute atomic E-state index is 0.361. The second-order valence-corrected chi connectivity index (χ2v) is 6.20. The van der Waals surface area contributed by atoms with Gasteiger partial charge < -0.3 is 5.11 Å². The zero-order chi connectivity index (χ0) is 12.9. The van der Waals surface area contributed by atoms with Crippen LogP contribution in [0.3, 0.4) is 0 Å². The molecule has 0 aliphatic heterocycles. The van der Waals surface area contributed by atoms with Crippen LogP contribution in [0, 0.1) is 11.3 Å². The first-order valence-corrected chi connectivity index (χ1v) is 7.34. The number of fused-ring (bicyclic) bond motifs is 2. The molecule has 1 atom stereocenters. The van der Waals surface area contributed by atoms with Crippen molar-refractivity contribution in [1.29, 1.82) is 0 Å². The zero-order valence-corrected chi connectivity index (χ0v) is 12.2. The maximum atomic E-state index is 8.29. The van der Waals surface area contributed by atoms with Crippen LogP contribution in [-0.2, 0) is 0 Å². The van der Waals surface area contributed by atoms with E-state index in [1.807, 2.05) is 0 Å². The lowest BCUT2D eigenvalue weighted by Crippen LogP contribution is -2.41. The summed E-state index contributed by atoms with van der Waals surface area (Å²) in [4.78, 5) is 0. The summed E-state index contributed by atoms with van der Waals surface area (Å²) in [7, 11) is 0. The van der Waals surface area contributed by atoms with E-state index in [1.54, 1.807) is 11.1 Å². The van der Waals surface area contributed by atoms with E-state index in [9.17, 15) is 0 Å². The van der Waals surface area contributed by atoms with Crippen LogP contribution in [0.25, 0.3) is 0 Å². The van der Waals surface area contributed by atoms with Gasteiger partial charge in [-0.25, -0.2) is 0 Å². The van der Waals surface area contributed by atoms with Crippen molar-refractivity contribution in [3.8, 4) is 0 Å². The van der Waals surface area contributed by atoms with Gasteiger partial charge in [0, 0.05) is 6.61 Å². The maximum Gasteiger partial charge on any atom is 0.0431 e. The molecule has 1 nitrogen and oxygen atoms in total. The molecule has 0 amide bonds. The van der Waals surface area contributed by atoms with E-state index in [0.29, 0.717) is 12.0 Å². The fourth-order valence-electron chi connectivity index (χ4n) is 3.15. The molecule has 0 unspecified atom stereocenters. The van der Waals surface area contributed by atoms with Gasteiger partial charge in [0.15, 0.2) is 0 Å². The molecule has 0 radical (unpaired) electrons. The number of rotatable bonds is 4. The molecule has 0 aromatic carbocycles. The van der Waals surface area contributed by atoms with E-state index in [0.717, 1.165) is 12.3 Å². The predicted molar refractivity (Wildman–Crippen MR) is 75.0 cm³/mol. The fourth-order valence-corrected chi connectivity index (χ4v) is 3.15. The van der Waals surface area contributed by atoms with E-state index in [-0.39, 0.29) is 0 Å². The fraction of sp³-hybridized carbons (Fsp3) is 0.875. The Kier molecular flexibility index (Phi) is 5.72. The van der Waals surface area contributed by atoms with Crippen LogP contribution in [0.4, 0.5) is 0 Å². The van der Waals surface area contributed by atoms with Crippen molar-refractivity contribution in [3.05, 3.63) is 11.1 Å². The van der Waals surface area contributed by atoms with Gasteiger partial charge in [-0.15, -0.1) is 0 Å². The Balaban J connectivity index is 0.000000185. The van der Waals surface area contributed by atoms with E-state index < -0.39 is 0 Å². The molecule has 17 heavy (non-hydrogen) atoms. The van der Waals surface area contributed by atoms with Gasteiger partial charge in [0.25, 0.3) is 0 Å². The molecule has 0 saturated heterocycles. The standard InChI is InChI=1S/C10H16.C6H14O/c1-7-4-5-8-6-9(7)10(8,2)3;1-2-3-4-5-6-7/h8H,4-6H2,1-3H3;7H,2-6H2,1H3/t8-;/m1./s1. The van der Waals surface area contributed by atoms with Crippen LogP contribution in [0.5, 0.6) is 0 Å². The minimum atomic E-state index is 0.361. The van der Waals surface area contributed by atoms with Crippen molar-refractivity contribution in [2.45, 2.75) is 72.6 Å². The molecular weight excluding hydrogens is 208 g/mol. The molecule has 1 saturated carbocycles. The highest BCUT2D eigenvalue weighted by Gasteiger charge is 2.46. The quantitative estimate of drug-likeness (QED) is 0.556. The van der Waals surface area contributed by atoms with Crippen LogP contribution in [0.1, 0.15) is 72.6 Å². The summed E-state index contributed by atoms with van der Waals surface area (Å²) < 4.78 is 0. The summed E-state index contributed by atoms with van der Waals surface area (Å²) in [5.41, 5.74) is 4.04. The zero-order valence-electron chi connectivity index (χ0n) is 12.2. The molecular formula is C16H30O. The van der Waals surface area contributed by atoms with Crippen molar-refractivity contribution in [2.24, 2.45) is 11.3 Å². The largest absolute Gasteiger partial charge is 0.396 e. The van der Waals surface area contributed by atoms with Crippen LogP contribution < -0.4 is 0 Å². The maximum absolute atomic E-state index is 8.29. The van der Waals surface area contributed by atoms with Crippen molar-refractivity contribution in [2.75, 3.05) is 6.61 Å². The lowest BCUT2D eigenvalue weighted by atomic mass is 9.52.